The van der Waals surface area contributed by atoms with Crippen molar-refractivity contribution in [2.75, 3.05) is 23.5 Å². The van der Waals surface area contributed by atoms with Crippen molar-refractivity contribution in [3.05, 3.63) is 29.3 Å². The van der Waals surface area contributed by atoms with Crippen molar-refractivity contribution >= 4 is 23.4 Å². The van der Waals surface area contributed by atoms with Gasteiger partial charge in [-0.25, -0.2) is 0 Å². The summed E-state index contributed by atoms with van der Waals surface area (Å²) >= 11 is 1.89. The molecule has 2 aliphatic heterocycles. The summed E-state index contributed by atoms with van der Waals surface area (Å²) in [5.74, 6) is 1.31. The van der Waals surface area contributed by atoms with E-state index in [9.17, 15) is 9.90 Å². The van der Waals surface area contributed by atoms with E-state index in [0.29, 0.717) is 6.04 Å². The van der Waals surface area contributed by atoms with Gasteiger partial charge < -0.3 is 10.0 Å². The molecule has 2 heterocycles. The fourth-order valence-electron chi connectivity index (χ4n) is 3.52. The van der Waals surface area contributed by atoms with Gasteiger partial charge >= 0.3 is 5.97 Å². The van der Waals surface area contributed by atoms with Crippen molar-refractivity contribution in [2.24, 2.45) is 5.92 Å². The largest absolute Gasteiger partial charge is 0.481 e. The maximum Gasteiger partial charge on any atom is 0.311 e. The molecule has 3 atom stereocenters. The third-order valence-corrected chi connectivity index (χ3v) is 5.60. The molecule has 2 aliphatic rings. The first-order chi connectivity index (χ1) is 9.09. The van der Waals surface area contributed by atoms with E-state index in [2.05, 4.69) is 30.1 Å². The molecule has 3 nitrogen and oxygen atoms in total. The van der Waals surface area contributed by atoms with Crippen molar-refractivity contribution in [2.45, 2.75) is 25.3 Å². The number of nitrogens with zero attached hydrogens (tertiary/aromatic N) is 1. The van der Waals surface area contributed by atoms with Crippen LogP contribution in [0.4, 0.5) is 5.69 Å². The number of anilines is 1. The number of carboxylic acid groups (broad SMARTS) is 1. The van der Waals surface area contributed by atoms with Crippen molar-refractivity contribution < 1.29 is 9.90 Å². The molecule has 3 unspecified atom stereocenters. The van der Waals surface area contributed by atoms with Crippen LogP contribution in [-0.2, 0) is 4.79 Å². The lowest BCUT2D eigenvalue weighted by Crippen LogP contribution is -2.50. The summed E-state index contributed by atoms with van der Waals surface area (Å²) in [6, 6.07) is 6.59. The van der Waals surface area contributed by atoms with Gasteiger partial charge in [0.25, 0.3) is 0 Å². The van der Waals surface area contributed by atoms with E-state index >= 15 is 0 Å². The lowest BCUT2D eigenvalue weighted by molar-refractivity contribution is -0.140. The number of benzene rings is 1. The normalized spacial score (nSPS) is 29.6. The third kappa shape index (κ3) is 2.02. The number of aryl methyl sites for hydroxylation is 1. The van der Waals surface area contributed by atoms with Gasteiger partial charge in [-0.1, -0.05) is 17.7 Å². The van der Waals surface area contributed by atoms with Crippen LogP contribution in [0.5, 0.6) is 0 Å². The van der Waals surface area contributed by atoms with Crippen LogP contribution >= 0.6 is 11.8 Å². The Hall–Kier alpha value is -1.16. The molecule has 1 saturated heterocycles. The zero-order chi connectivity index (χ0) is 13.6. The average molecular weight is 277 g/mol. The Morgan fingerprint density at radius 3 is 3.00 bits per heavy atom. The van der Waals surface area contributed by atoms with Crippen molar-refractivity contribution in [1.29, 1.82) is 0 Å². The van der Waals surface area contributed by atoms with Crippen molar-refractivity contribution in [1.82, 2.24) is 0 Å². The highest BCUT2D eigenvalue weighted by molar-refractivity contribution is 7.99. The number of carboxylic acids is 1. The summed E-state index contributed by atoms with van der Waals surface area (Å²) in [5, 5.41) is 9.67. The average Bonchev–Trinajstić information content (AvgIpc) is 2.38. The molecule has 4 heteroatoms. The number of carbonyl (C=O) groups is 1. The fourth-order valence-corrected chi connectivity index (χ4v) is 4.78. The predicted molar refractivity (Wildman–Crippen MR) is 79.2 cm³/mol. The molecular formula is C15H19NO2S. The van der Waals surface area contributed by atoms with Crippen LogP contribution < -0.4 is 4.90 Å². The standard InChI is InChI=1S/C15H19NO2S/c1-9-3-4-12-10(7-9)14(15(17)18)11-8-19-6-5-13(11)16(12)2/h3-4,7,11,13-14H,5-6,8H2,1-2H3,(H,17,18). The number of thioether (sulfide) groups is 1. The van der Waals surface area contributed by atoms with Gasteiger partial charge in [0.1, 0.15) is 0 Å². The molecule has 102 valence electrons. The van der Waals surface area contributed by atoms with Crippen LogP contribution in [0.3, 0.4) is 0 Å². The monoisotopic (exact) mass is 277 g/mol. The van der Waals surface area contributed by atoms with Crippen LogP contribution in [0.1, 0.15) is 23.5 Å². The minimum absolute atomic E-state index is 0.232. The molecule has 0 aliphatic carbocycles. The van der Waals surface area contributed by atoms with E-state index in [0.717, 1.165) is 34.7 Å². The molecular weight excluding hydrogens is 258 g/mol. The summed E-state index contributed by atoms with van der Waals surface area (Å²) in [7, 11) is 2.11. The van der Waals surface area contributed by atoms with Gasteiger partial charge in [-0.3, -0.25) is 4.79 Å². The second-order valence-corrected chi connectivity index (χ2v) is 6.73. The molecule has 0 radical (unpaired) electrons. The zero-order valence-corrected chi connectivity index (χ0v) is 12.1. The van der Waals surface area contributed by atoms with E-state index in [1.165, 1.54) is 0 Å². The number of rotatable bonds is 1. The molecule has 0 aromatic heterocycles. The van der Waals surface area contributed by atoms with Gasteiger partial charge in [0.05, 0.1) is 5.92 Å². The highest BCUT2D eigenvalue weighted by Gasteiger charge is 2.44. The molecule has 1 aromatic carbocycles. The molecule has 1 aromatic rings. The molecule has 0 saturated carbocycles. The highest BCUT2D eigenvalue weighted by atomic mass is 32.2. The molecule has 3 rings (SSSR count). The predicted octanol–water partition coefficient (Wildman–Crippen LogP) is 2.73. The van der Waals surface area contributed by atoms with Gasteiger partial charge in [0.2, 0.25) is 0 Å². The summed E-state index contributed by atoms with van der Waals surface area (Å²) in [4.78, 5) is 14.1. The van der Waals surface area contributed by atoms with Gasteiger partial charge in [-0.15, -0.1) is 0 Å². The first-order valence-electron chi connectivity index (χ1n) is 6.73. The number of fused-ring (bicyclic) bond motifs is 2. The number of aliphatic carboxylic acids is 1. The SMILES string of the molecule is Cc1ccc2c(c1)C(C(=O)O)C1CSCCC1N2C. The Balaban J connectivity index is 2.13. The molecule has 0 amide bonds. The zero-order valence-electron chi connectivity index (χ0n) is 11.3. The Kier molecular flexibility index (Phi) is 3.21. The van der Waals surface area contributed by atoms with Crippen LogP contribution in [0.15, 0.2) is 18.2 Å². The van der Waals surface area contributed by atoms with Crippen LogP contribution in [0.25, 0.3) is 0 Å². The Morgan fingerprint density at radius 1 is 1.47 bits per heavy atom. The van der Waals surface area contributed by atoms with Gasteiger partial charge in [-0.05, 0) is 36.5 Å². The fraction of sp³-hybridized carbons (Fsp3) is 0.533. The van der Waals surface area contributed by atoms with Crippen molar-refractivity contribution in [3.8, 4) is 0 Å². The third-order valence-electron chi connectivity index (χ3n) is 4.45. The van der Waals surface area contributed by atoms with E-state index < -0.39 is 5.97 Å². The van der Waals surface area contributed by atoms with Crippen LogP contribution in [0, 0.1) is 12.8 Å². The first-order valence-corrected chi connectivity index (χ1v) is 7.89. The van der Waals surface area contributed by atoms with Crippen LogP contribution in [0.2, 0.25) is 0 Å². The lowest BCUT2D eigenvalue weighted by atomic mass is 9.76. The smallest absolute Gasteiger partial charge is 0.311 e. The second-order valence-electron chi connectivity index (χ2n) is 5.58. The summed E-state index contributed by atoms with van der Waals surface area (Å²) < 4.78 is 0. The van der Waals surface area contributed by atoms with Crippen LogP contribution in [-0.4, -0.2) is 35.7 Å². The Morgan fingerprint density at radius 2 is 2.26 bits per heavy atom. The maximum absolute atomic E-state index is 11.8. The van der Waals surface area contributed by atoms with Gasteiger partial charge in [0.15, 0.2) is 0 Å². The summed E-state index contributed by atoms with van der Waals surface area (Å²) in [6.07, 6.45) is 1.09. The molecule has 19 heavy (non-hydrogen) atoms. The summed E-state index contributed by atoms with van der Waals surface area (Å²) in [5.41, 5.74) is 3.24. The topological polar surface area (TPSA) is 40.5 Å². The van der Waals surface area contributed by atoms with E-state index in [-0.39, 0.29) is 11.8 Å². The summed E-state index contributed by atoms with van der Waals surface area (Å²) in [6.45, 7) is 2.03. The minimum Gasteiger partial charge on any atom is -0.481 e. The molecule has 0 bridgehead atoms. The highest BCUT2D eigenvalue weighted by Crippen LogP contribution is 2.46. The number of hydrogen-bond donors (Lipinski definition) is 1. The molecule has 1 fully saturated rings. The van der Waals surface area contributed by atoms with Gasteiger partial charge in [0, 0.05) is 24.7 Å². The Labute approximate surface area is 118 Å². The Bertz CT molecular complexity index is 517. The molecule has 0 spiro atoms. The molecule has 1 N–H and O–H groups in total. The van der Waals surface area contributed by atoms with Gasteiger partial charge in [-0.2, -0.15) is 11.8 Å². The first kappa shape index (κ1) is 12.9. The number of hydrogen-bond acceptors (Lipinski definition) is 3. The maximum atomic E-state index is 11.8. The van der Waals surface area contributed by atoms with E-state index in [1.807, 2.05) is 18.7 Å². The van der Waals surface area contributed by atoms with E-state index in [4.69, 9.17) is 0 Å². The lowest BCUT2D eigenvalue weighted by Gasteiger charge is -2.47. The van der Waals surface area contributed by atoms with Crippen molar-refractivity contribution in [3.63, 3.8) is 0 Å². The second kappa shape index (κ2) is 4.75. The minimum atomic E-state index is -0.669. The van der Waals surface area contributed by atoms with E-state index in [1.54, 1.807) is 0 Å². The quantitative estimate of drug-likeness (QED) is 0.857.